The number of rotatable bonds is 12. The summed E-state index contributed by atoms with van der Waals surface area (Å²) in [5, 5.41) is 9.40. The highest BCUT2D eigenvalue weighted by molar-refractivity contribution is 6.01. The predicted molar refractivity (Wildman–Crippen MR) is 148 cm³/mol. The van der Waals surface area contributed by atoms with Gasteiger partial charge in [-0.1, -0.05) is 35.9 Å². The monoisotopic (exact) mass is 536 g/mol. The Balaban J connectivity index is 1.45. The van der Waals surface area contributed by atoms with Crippen LogP contribution in [0.25, 0.3) is 0 Å². The van der Waals surface area contributed by atoms with Crippen LogP contribution in [-0.2, 0) is 20.9 Å². The van der Waals surface area contributed by atoms with Crippen LogP contribution in [0, 0.1) is 18.8 Å². The number of carboxylic acid groups (broad SMARTS) is 1. The van der Waals surface area contributed by atoms with E-state index in [1.807, 2.05) is 18.2 Å². The average Bonchev–Trinajstić information content (AvgIpc) is 3.26. The molecule has 1 heterocycles. The summed E-state index contributed by atoms with van der Waals surface area (Å²) in [6, 6.07) is 14.7. The number of imide groups is 1. The van der Waals surface area contributed by atoms with E-state index in [-0.39, 0.29) is 49.8 Å². The van der Waals surface area contributed by atoms with Crippen molar-refractivity contribution in [2.24, 2.45) is 11.8 Å². The van der Waals surface area contributed by atoms with Gasteiger partial charge in [-0.15, -0.1) is 0 Å². The zero-order valence-corrected chi connectivity index (χ0v) is 23.2. The summed E-state index contributed by atoms with van der Waals surface area (Å²) < 4.78 is 11.5. The van der Waals surface area contributed by atoms with Crippen molar-refractivity contribution in [3.8, 4) is 11.5 Å². The Morgan fingerprint density at radius 3 is 2.31 bits per heavy atom. The lowest BCUT2D eigenvalue weighted by Crippen LogP contribution is -2.34. The molecule has 1 unspecified atom stereocenters. The molecule has 8 nitrogen and oxygen atoms in total. The number of amides is 2. The van der Waals surface area contributed by atoms with Gasteiger partial charge in [-0.05, 0) is 68.7 Å². The molecule has 2 fully saturated rings. The van der Waals surface area contributed by atoms with Crippen LogP contribution in [0.5, 0.6) is 11.5 Å². The molecule has 1 aliphatic carbocycles. The van der Waals surface area contributed by atoms with E-state index in [9.17, 15) is 19.5 Å². The van der Waals surface area contributed by atoms with Crippen molar-refractivity contribution in [1.82, 2.24) is 9.80 Å². The van der Waals surface area contributed by atoms with E-state index in [1.165, 1.54) is 16.0 Å². The number of aliphatic carboxylic acids is 1. The summed E-state index contributed by atoms with van der Waals surface area (Å²) in [6.07, 6.45) is 3.87. The SMILES string of the molecule is COc1cc(CN(CC2CCC(C(=O)O)CC2)C(C)c2ccc(C)cc2)ccc1OCCN1C(=O)CCC1=O. The molecule has 2 aromatic carbocycles. The van der Waals surface area contributed by atoms with E-state index < -0.39 is 5.97 Å². The molecule has 1 saturated carbocycles. The maximum Gasteiger partial charge on any atom is 0.306 e. The molecule has 1 N–H and O–H groups in total. The molecule has 2 aromatic rings. The number of benzene rings is 2. The molecule has 4 rings (SSSR count). The van der Waals surface area contributed by atoms with Gasteiger partial charge >= 0.3 is 5.97 Å². The first-order valence-corrected chi connectivity index (χ1v) is 13.9. The number of carbonyl (C=O) groups excluding carboxylic acids is 2. The molecule has 2 amide bonds. The molecule has 0 aromatic heterocycles. The van der Waals surface area contributed by atoms with Crippen molar-refractivity contribution < 1.29 is 29.0 Å². The number of hydrogen-bond acceptors (Lipinski definition) is 6. The summed E-state index contributed by atoms with van der Waals surface area (Å²) in [4.78, 5) is 38.9. The maximum atomic E-state index is 11.9. The number of carboxylic acids is 1. The third kappa shape index (κ3) is 7.38. The first-order chi connectivity index (χ1) is 18.7. The highest BCUT2D eigenvalue weighted by Crippen LogP contribution is 2.34. The molecule has 0 spiro atoms. The fraction of sp³-hybridized carbons (Fsp3) is 0.516. The van der Waals surface area contributed by atoms with Gasteiger partial charge in [0.05, 0.1) is 19.6 Å². The lowest BCUT2D eigenvalue weighted by atomic mass is 9.81. The molecular formula is C31H40N2O6. The zero-order chi connectivity index (χ0) is 27.9. The zero-order valence-electron chi connectivity index (χ0n) is 23.2. The maximum absolute atomic E-state index is 11.9. The van der Waals surface area contributed by atoms with E-state index in [2.05, 4.69) is 43.0 Å². The van der Waals surface area contributed by atoms with Crippen LogP contribution in [0.4, 0.5) is 0 Å². The molecule has 8 heteroatoms. The summed E-state index contributed by atoms with van der Waals surface area (Å²) in [5.41, 5.74) is 3.56. The Kier molecular flexibility index (Phi) is 9.62. The first kappa shape index (κ1) is 28.6. The third-order valence-corrected chi connectivity index (χ3v) is 8.14. The molecule has 0 bridgehead atoms. The largest absolute Gasteiger partial charge is 0.493 e. The number of hydrogen-bond donors (Lipinski definition) is 1. The number of methoxy groups -OCH3 is 1. The van der Waals surface area contributed by atoms with Crippen molar-refractivity contribution in [3.05, 3.63) is 59.2 Å². The van der Waals surface area contributed by atoms with Crippen molar-refractivity contribution in [2.75, 3.05) is 26.8 Å². The van der Waals surface area contributed by atoms with Crippen LogP contribution in [0.2, 0.25) is 0 Å². The van der Waals surface area contributed by atoms with Crippen LogP contribution in [0.15, 0.2) is 42.5 Å². The molecule has 1 saturated heterocycles. The topological polar surface area (TPSA) is 96.4 Å². The fourth-order valence-corrected chi connectivity index (χ4v) is 5.62. The molecule has 210 valence electrons. The standard InChI is InChI=1S/C31H40N2O6/c1-21-4-9-25(10-5-21)22(2)32(19-23-6-11-26(12-7-23)31(36)37)20-24-8-13-27(28(18-24)38-3)39-17-16-33-29(34)14-15-30(33)35/h4-5,8-10,13,18,22-23,26H,6-7,11-12,14-17,19-20H2,1-3H3,(H,36,37). The van der Waals surface area contributed by atoms with Crippen LogP contribution in [-0.4, -0.2) is 59.5 Å². The summed E-state index contributed by atoms with van der Waals surface area (Å²) in [6.45, 7) is 6.35. The van der Waals surface area contributed by atoms with Crippen LogP contribution in [0.3, 0.4) is 0 Å². The van der Waals surface area contributed by atoms with E-state index in [0.717, 1.165) is 37.8 Å². The van der Waals surface area contributed by atoms with E-state index in [4.69, 9.17) is 9.47 Å². The Hall–Kier alpha value is -3.39. The Morgan fingerprint density at radius 2 is 1.69 bits per heavy atom. The van der Waals surface area contributed by atoms with Gasteiger partial charge in [-0.3, -0.25) is 24.2 Å². The van der Waals surface area contributed by atoms with Gasteiger partial charge < -0.3 is 14.6 Å². The Labute approximate surface area is 230 Å². The minimum absolute atomic E-state index is 0.148. The predicted octanol–water partition coefficient (Wildman–Crippen LogP) is 4.99. The summed E-state index contributed by atoms with van der Waals surface area (Å²) in [5.74, 6) is 0.445. The summed E-state index contributed by atoms with van der Waals surface area (Å²) >= 11 is 0. The van der Waals surface area contributed by atoms with Gasteiger partial charge in [-0.25, -0.2) is 0 Å². The quantitative estimate of drug-likeness (QED) is 0.382. The third-order valence-electron chi connectivity index (χ3n) is 8.14. The van der Waals surface area contributed by atoms with Crippen molar-refractivity contribution >= 4 is 17.8 Å². The highest BCUT2D eigenvalue weighted by atomic mass is 16.5. The Morgan fingerprint density at radius 1 is 1.03 bits per heavy atom. The molecule has 39 heavy (non-hydrogen) atoms. The number of carbonyl (C=O) groups is 3. The molecule has 1 atom stereocenters. The van der Waals surface area contributed by atoms with E-state index in [0.29, 0.717) is 24.0 Å². The van der Waals surface area contributed by atoms with Gasteiger partial charge in [0.2, 0.25) is 11.8 Å². The Bertz CT molecular complexity index is 1140. The molecule has 0 radical (unpaired) electrons. The van der Waals surface area contributed by atoms with Crippen LogP contribution < -0.4 is 9.47 Å². The lowest BCUT2D eigenvalue weighted by Gasteiger charge is -2.35. The van der Waals surface area contributed by atoms with Crippen molar-refractivity contribution in [1.29, 1.82) is 0 Å². The first-order valence-electron chi connectivity index (χ1n) is 13.9. The lowest BCUT2D eigenvalue weighted by molar-refractivity contribution is -0.143. The molecule has 1 aliphatic heterocycles. The minimum Gasteiger partial charge on any atom is -0.493 e. The van der Waals surface area contributed by atoms with Gasteiger partial charge in [0.15, 0.2) is 11.5 Å². The van der Waals surface area contributed by atoms with Gasteiger partial charge in [0, 0.05) is 32.0 Å². The van der Waals surface area contributed by atoms with Gasteiger partial charge in [-0.2, -0.15) is 0 Å². The number of ether oxygens (including phenoxy) is 2. The molecular weight excluding hydrogens is 496 g/mol. The fourth-order valence-electron chi connectivity index (χ4n) is 5.62. The average molecular weight is 537 g/mol. The smallest absolute Gasteiger partial charge is 0.306 e. The second-order valence-electron chi connectivity index (χ2n) is 10.8. The van der Waals surface area contributed by atoms with Crippen LogP contribution in [0.1, 0.15) is 68.2 Å². The van der Waals surface area contributed by atoms with Crippen LogP contribution >= 0.6 is 0 Å². The van der Waals surface area contributed by atoms with E-state index in [1.54, 1.807) is 7.11 Å². The minimum atomic E-state index is -0.675. The van der Waals surface area contributed by atoms with Gasteiger partial charge in [0.25, 0.3) is 0 Å². The van der Waals surface area contributed by atoms with E-state index >= 15 is 0 Å². The summed E-state index contributed by atoms with van der Waals surface area (Å²) in [7, 11) is 1.60. The van der Waals surface area contributed by atoms with Crippen molar-refractivity contribution in [3.63, 3.8) is 0 Å². The number of nitrogens with zero attached hydrogens (tertiary/aromatic N) is 2. The number of aryl methyl sites for hydroxylation is 1. The normalized spacial score (nSPS) is 20.4. The van der Waals surface area contributed by atoms with Crippen molar-refractivity contribution in [2.45, 2.75) is 65.0 Å². The highest BCUT2D eigenvalue weighted by Gasteiger charge is 2.30. The molecule has 2 aliphatic rings. The number of likely N-dealkylation sites (tertiary alicyclic amines) is 1. The second-order valence-corrected chi connectivity index (χ2v) is 10.8. The second kappa shape index (κ2) is 13.1. The van der Waals surface area contributed by atoms with Gasteiger partial charge in [0.1, 0.15) is 6.61 Å².